The first kappa shape index (κ1) is 23.7. The second-order valence-electron chi connectivity index (χ2n) is 8.07. The third-order valence-electron chi connectivity index (χ3n) is 5.91. The van der Waals surface area contributed by atoms with Crippen LogP contribution in [0.2, 0.25) is 5.02 Å². The van der Waals surface area contributed by atoms with E-state index in [1.807, 2.05) is 26.8 Å². The molecule has 0 unspecified atom stereocenters. The molecule has 0 bridgehead atoms. The average Bonchev–Trinajstić information content (AvgIpc) is 3.26. The van der Waals surface area contributed by atoms with Crippen molar-refractivity contribution in [3.05, 3.63) is 70.1 Å². The summed E-state index contributed by atoms with van der Waals surface area (Å²) >= 11 is 6.12. The van der Waals surface area contributed by atoms with Gasteiger partial charge in [0.05, 0.1) is 24.5 Å². The van der Waals surface area contributed by atoms with Gasteiger partial charge in [0, 0.05) is 29.3 Å². The normalized spacial score (nSPS) is 14.0. The van der Waals surface area contributed by atoms with Gasteiger partial charge in [0.15, 0.2) is 12.4 Å². The lowest BCUT2D eigenvalue weighted by Crippen LogP contribution is -2.41. The highest BCUT2D eigenvalue weighted by molar-refractivity contribution is 6.45. The number of methoxy groups -OCH3 is 1. The highest BCUT2D eigenvalue weighted by atomic mass is 35.5. The molecule has 3 heterocycles. The standard InChI is InChI=1S/C25H25ClN4O4/c1-5-19-20(24(32)30(27-19)18-8-6-7-17(26)13-18)21-22(28-10-9-15(2)16(3)14-28)25(33)29(23(21)31)11-12-34-4/h6-10,13-14H,5,11-12H2,1-4H3. The number of nitrogens with zero attached hydrogens (tertiary/aromatic N) is 4. The van der Waals surface area contributed by atoms with E-state index in [-0.39, 0.29) is 30.0 Å². The molecule has 0 saturated heterocycles. The smallest absolute Gasteiger partial charge is 0.326 e. The Morgan fingerprint density at radius 1 is 1.15 bits per heavy atom. The van der Waals surface area contributed by atoms with Crippen LogP contribution in [-0.2, 0) is 20.7 Å². The molecule has 0 radical (unpaired) electrons. The molecule has 9 heteroatoms. The van der Waals surface area contributed by atoms with Gasteiger partial charge >= 0.3 is 5.91 Å². The number of ether oxygens (including phenoxy) is 1. The minimum atomic E-state index is -0.541. The van der Waals surface area contributed by atoms with E-state index >= 15 is 0 Å². The van der Waals surface area contributed by atoms with E-state index in [0.29, 0.717) is 22.8 Å². The predicted octanol–water partition coefficient (Wildman–Crippen LogP) is 2.45. The van der Waals surface area contributed by atoms with Crippen LogP contribution >= 0.6 is 11.6 Å². The van der Waals surface area contributed by atoms with Crippen LogP contribution in [0, 0.1) is 13.8 Å². The molecule has 0 fully saturated rings. The van der Waals surface area contributed by atoms with Crippen LogP contribution in [0.4, 0.5) is 0 Å². The van der Waals surface area contributed by atoms with Crippen LogP contribution in [0.15, 0.2) is 42.7 Å². The van der Waals surface area contributed by atoms with Gasteiger partial charge < -0.3 is 9.84 Å². The second kappa shape index (κ2) is 9.40. The summed E-state index contributed by atoms with van der Waals surface area (Å²) in [5.74, 6) is -1.51. The topological polar surface area (TPSA) is 91.4 Å². The Bertz CT molecular complexity index is 1330. The molecule has 1 aliphatic heterocycles. The summed E-state index contributed by atoms with van der Waals surface area (Å²) in [6, 6.07) is 8.62. The zero-order valence-electron chi connectivity index (χ0n) is 19.5. The van der Waals surface area contributed by atoms with Crippen LogP contribution in [0.1, 0.15) is 29.3 Å². The summed E-state index contributed by atoms with van der Waals surface area (Å²) < 4.78 is 7.94. The van der Waals surface area contributed by atoms with Crippen LogP contribution in [-0.4, -0.2) is 46.8 Å². The summed E-state index contributed by atoms with van der Waals surface area (Å²) in [6.07, 6.45) is 3.90. The molecular formula is C25H25ClN4O4. The molecular weight excluding hydrogens is 456 g/mol. The van der Waals surface area contributed by atoms with Crippen molar-refractivity contribution >= 4 is 34.7 Å². The van der Waals surface area contributed by atoms with Crippen molar-refractivity contribution in [3.63, 3.8) is 0 Å². The van der Waals surface area contributed by atoms with E-state index in [4.69, 9.17) is 16.3 Å². The van der Waals surface area contributed by atoms with E-state index in [9.17, 15) is 14.7 Å². The van der Waals surface area contributed by atoms with Gasteiger partial charge in [0.1, 0.15) is 5.57 Å². The number of benzene rings is 1. The molecule has 176 valence electrons. The molecule has 4 rings (SSSR count). The first-order chi connectivity index (χ1) is 16.3. The highest BCUT2D eigenvalue weighted by Crippen LogP contribution is 2.37. The lowest BCUT2D eigenvalue weighted by molar-refractivity contribution is -0.577. The Morgan fingerprint density at radius 3 is 2.56 bits per heavy atom. The number of imide groups is 1. The first-order valence-electron chi connectivity index (χ1n) is 10.9. The number of pyridine rings is 1. The quantitative estimate of drug-likeness (QED) is 0.382. The number of aryl methyl sites for hydroxylation is 3. The molecule has 34 heavy (non-hydrogen) atoms. The molecule has 3 aromatic rings. The van der Waals surface area contributed by atoms with Crippen LogP contribution < -0.4 is 9.67 Å². The van der Waals surface area contributed by atoms with Gasteiger partial charge in [-0.2, -0.15) is 9.67 Å². The van der Waals surface area contributed by atoms with Gasteiger partial charge in [0.2, 0.25) is 0 Å². The van der Waals surface area contributed by atoms with Crippen molar-refractivity contribution in [2.24, 2.45) is 0 Å². The van der Waals surface area contributed by atoms with Gasteiger partial charge in [-0.25, -0.2) is 4.68 Å². The zero-order chi connectivity index (χ0) is 24.6. The number of carbonyl (C=O) groups excluding carboxylic acids is 2. The SMILES string of the molecule is CCc1nn(-c2cccc(Cl)c2)c([O-])c1C1=C([n+]2ccc(C)c(C)c2)C(=O)N(CCOC)C1=O. The third kappa shape index (κ3) is 3.99. The van der Waals surface area contributed by atoms with Crippen molar-refractivity contribution in [1.82, 2.24) is 14.7 Å². The molecule has 8 nitrogen and oxygen atoms in total. The van der Waals surface area contributed by atoms with E-state index in [1.54, 1.807) is 41.2 Å². The van der Waals surface area contributed by atoms with Gasteiger partial charge in [-0.3, -0.25) is 14.5 Å². The largest absolute Gasteiger partial charge is 0.858 e. The molecule has 0 saturated carbocycles. The number of carbonyl (C=O) groups is 2. The van der Waals surface area contributed by atoms with Crippen molar-refractivity contribution < 1.29 is 24.0 Å². The molecule has 2 aromatic heterocycles. The molecule has 1 aliphatic rings. The second-order valence-corrected chi connectivity index (χ2v) is 8.50. The lowest BCUT2D eigenvalue weighted by atomic mass is 10.0. The third-order valence-corrected chi connectivity index (χ3v) is 6.15. The van der Waals surface area contributed by atoms with Crippen LogP contribution in [0.25, 0.3) is 17.0 Å². The number of hydrogen-bond acceptors (Lipinski definition) is 5. The predicted molar refractivity (Wildman–Crippen MR) is 125 cm³/mol. The van der Waals surface area contributed by atoms with Gasteiger partial charge in [-0.05, 0) is 49.9 Å². The summed E-state index contributed by atoms with van der Waals surface area (Å²) in [7, 11) is 1.50. The summed E-state index contributed by atoms with van der Waals surface area (Å²) in [6.45, 7) is 5.99. The van der Waals surface area contributed by atoms with Crippen molar-refractivity contribution in [1.29, 1.82) is 0 Å². The maximum atomic E-state index is 13.6. The molecule has 1 aromatic carbocycles. The first-order valence-corrected chi connectivity index (χ1v) is 11.3. The maximum Gasteiger partial charge on any atom is 0.326 e. The van der Waals surface area contributed by atoms with Crippen LogP contribution in [0.3, 0.4) is 0 Å². The fourth-order valence-corrected chi connectivity index (χ4v) is 4.14. The Labute approximate surface area is 202 Å². The maximum absolute atomic E-state index is 13.6. The molecule has 0 atom stereocenters. The number of aromatic nitrogens is 3. The summed E-state index contributed by atoms with van der Waals surface area (Å²) in [5, 5.41) is 18.6. The minimum Gasteiger partial charge on any atom is -0.858 e. The molecule has 0 spiro atoms. The summed E-state index contributed by atoms with van der Waals surface area (Å²) in [4.78, 5) is 28.1. The van der Waals surface area contributed by atoms with Gasteiger partial charge in [0.25, 0.3) is 11.6 Å². The van der Waals surface area contributed by atoms with Crippen molar-refractivity contribution in [2.75, 3.05) is 20.3 Å². The van der Waals surface area contributed by atoms with E-state index in [0.717, 1.165) is 16.0 Å². The average molecular weight is 481 g/mol. The lowest BCUT2D eigenvalue weighted by Gasteiger charge is -2.15. The van der Waals surface area contributed by atoms with Gasteiger partial charge in [-0.15, -0.1) is 0 Å². The highest BCUT2D eigenvalue weighted by Gasteiger charge is 2.46. The van der Waals surface area contributed by atoms with Crippen molar-refractivity contribution in [3.8, 4) is 11.6 Å². The van der Waals surface area contributed by atoms with E-state index < -0.39 is 17.7 Å². The fraction of sp³-hybridized carbons (Fsp3) is 0.280. The number of hydrogen-bond donors (Lipinski definition) is 0. The van der Waals surface area contributed by atoms with E-state index in [1.165, 1.54) is 11.8 Å². The Morgan fingerprint density at radius 2 is 1.91 bits per heavy atom. The molecule has 2 amide bonds. The Kier molecular flexibility index (Phi) is 6.54. The zero-order valence-corrected chi connectivity index (χ0v) is 20.2. The Hall–Kier alpha value is -3.49. The van der Waals surface area contributed by atoms with E-state index in [2.05, 4.69) is 5.10 Å². The number of amides is 2. The molecule has 0 N–H and O–H groups in total. The monoisotopic (exact) mass is 480 g/mol. The fourth-order valence-electron chi connectivity index (χ4n) is 3.96. The van der Waals surface area contributed by atoms with Crippen LogP contribution in [0.5, 0.6) is 5.88 Å². The van der Waals surface area contributed by atoms with Gasteiger partial charge in [-0.1, -0.05) is 24.6 Å². The molecule has 0 aliphatic carbocycles. The Balaban J connectivity index is 1.98. The van der Waals surface area contributed by atoms with Crippen molar-refractivity contribution in [2.45, 2.75) is 27.2 Å². The minimum absolute atomic E-state index is 0.0458. The summed E-state index contributed by atoms with van der Waals surface area (Å²) in [5.41, 5.74) is 3.19. The number of rotatable bonds is 7. The number of halogens is 1.